The first kappa shape index (κ1) is 15.1. The number of benzene rings is 1. The van der Waals surface area contributed by atoms with Crippen molar-refractivity contribution in [1.29, 1.82) is 0 Å². The van der Waals surface area contributed by atoms with E-state index in [1.54, 1.807) is 12.1 Å². The van der Waals surface area contributed by atoms with Crippen LogP contribution in [0.5, 0.6) is 17.2 Å². The normalized spacial score (nSPS) is 9.89. The lowest BCUT2D eigenvalue weighted by molar-refractivity contribution is 0.0504. The SMILES string of the molecule is CCCOC(=O)c1cc(OC)c(OCC)c(OC)c1. The maximum Gasteiger partial charge on any atom is 0.338 e. The predicted molar refractivity (Wildman–Crippen MR) is 71.3 cm³/mol. The van der Waals surface area contributed by atoms with Gasteiger partial charge < -0.3 is 18.9 Å². The minimum atomic E-state index is -0.401. The molecule has 0 aliphatic rings. The van der Waals surface area contributed by atoms with Crippen LogP contribution in [-0.4, -0.2) is 33.4 Å². The fourth-order valence-electron chi connectivity index (χ4n) is 1.56. The summed E-state index contributed by atoms with van der Waals surface area (Å²) in [5.41, 5.74) is 0.380. The van der Waals surface area contributed by atoms with Gasteiger partial charge >= 0.3 is 5.97 Å². The summed E-state index contributed by atoms with van der Waals surface area (Å²) in [5.74, 6) is 0.982. The van der Waals surface area contributed by atoms with Gasteiger partial charge in [-0.2, -0.15) is 0 Å². The monoisotopic (exact) mass is 268 g/mol. The van der Waals surface area contributed by atoms with Gasteiger partial charge in [-0.3, -0.25) is 0 Å². The second kappa shape index (κ2) is 7.51. The van der Waals surface area contributed by atoms with Crippen molar-refractivity contribution in [3.05, 3.63) is 17.7 Å². The Hall–Kier alpha value is -1.91. The molecule has 0 radical (unpaired) electrons. The number of methoxy groups -OCH3 is 2. The summed E-state index contributed by atoms with van der Waals surface area (Å²) >= 11 is 0. The molecule has 0 heterocycles. The van der Waals surface area contributed by atoms with E-state index in [9.17, 15) is 4.79 Å². The molecule has 0 atom stereocenters. The molecule has 19 heavy (non-hydrogen) atoms. The molecule has 0 fully saturated rings. The van der Waals surface area contributed by atoms with Crippen LogP contribution in [0.1, 0.15) is 30.6 Å². The van der Waals surface area contributed by atoms with Crippen molar-refractivity contribution in [2.75, 3.05) is 27.4 Å². The molecule has 106 valence electrons. The lowest BCUT2D eigenvalue weighted by atomic mass is 10.2. The molecule has 0 aromatic heterocycles. The number of esters is 1. The van der Waals surface area contributed by atoms with Crippen molar-refractivity contribution in [3.63, 3.8) is 0 Å². The summed E-state index contributed by atoms with van der Waals surface area (Å²) < 4.78 is 21.0. The number of carbonyl (C=O) groups is 1. The summed E-state index contributed by atoms with van der Waals surface area (Å²) in [6.07, 6.45) is 0.775. The Morgan fingerprint density at radius 3 is 2.11 bits per heavy atom. The zero-order valence-corrected chi connectivity index (χ0v) is 11.8. The third-order valence-electron chi connectivity index (χ3n) is 2.42. The quantitative estimate of drug-likeness (QED) is 0.712. The van der Waals surface area contributed by atoms with Crippen LogP contribution in [0, 0.1) is 0 Å². The maximum atomic E-state index is 11.8. The molecule has 0 spiro atoms. The van der Waals surface area contributed by atoms with Crippen LogP contribution in [0.25, 0.3) is 0 Å². The Morgan fingerprint density at radius 1 is 1.11 bits per heavy atom. The molecule has 0 N–H and O–H groups in total. The van der Waals surface area contributed by atoms with Gasteiger partial charge in [0, 0.05) is 0 Å². The summed E-state index contributed by atoms with van der Waals surface area (Å²) in [7, 11) is 3.02. The van der Waals surface area contributed by atoms with Crippen molar-refractivity contribution in [3.8, 4) is 17.2 Å². The van der Waals surface area contributed by atoms with Crippen molar-refractivity contribution in [1.82, 2.24) is 0 Å². The average molecular weight is 268 g/mol. The van der Waals surface area contributed by atoms with Crippen LogP contribution >= 0.6 is 0 Å². The molecule has 5 heteroatoms. The fraction of sp³-hybridized carbons (Fsp3) is 0.500. The lowest BCUT2D eigenvalue weighted by Crippen LogP contribution is -2.07. The van der Waals surface area contributed by atoms with Crippen LogP contribution in [0.4, 0.5) is 0 Å². The predicted octanol–water partition coefficient (Wildman–Crippen LogP) is 2.67. The van der Waals surface area contributed by atoms with Crippen LogP contribution in [0.3, 0.4) is 0 Å². The number of hydrogen-bond donors (Lipinski definition) is 0. The molecule has 0 saturated carbocycles. The minimum absolute atomic E-state index is 0.380. The van der Waals surface area contributed by atoms with Crippen LogP contribution in [-0.2, 0) is 4.74 Å². The molecule has 0 amide bonds. The maximum absolute atomic E-state index is 11.8. The molecular weight excluding hydrogens is 248 g/mol. The van der Waals surface area contributed by atoms with Crippen LogP contribution in [0.15, 0.2) is 12.1 Å². The third-order valence-corrected chi connectivity index (χ3v) is 2.42. The van der Waals surface area contributed by atoms with Crippen LogP contribution in [0.2, 0.25) is 0 Å². The molecule has 0 aliphatic carbocycles. The molecular formula is C14H20O5. The molecule has 1 rings (SSSR count). The second-order valence-corrected chi connectivity index (χ2v) is 3.78. The number of rotatable bonds is 7. The molecule has 0 unspecified atom stereocenters. The standard InChI is InChI=1S/C14H20O5/c1-5-7-19-14(15)10-8-11(16-3)13(18-6-2)12(9-10)17-4/h8-9H,5-7H2,1-4H3. The van der Waals surface area contributed by atoms with Gasteiger partial charge in [0.15, 0.2) is 11.5 Å². The van der Waals surface area contributed by atoms with E-state index in [0.29, 0.717) is 36.0 Å². The zero-order valence-electron chi connectivity index (χ0n) is 11.8. The van der Waals surface area contributed by atoms with E-state index in [4.69, 9.17) is 18.9 Å². The van der Waals surface area contributed by atoms with E-state index in [1.807, 2.05) is 13.8 Å². The molecule has 1 aromatic rings. The Labute approximate surface area is 113 Å². The van der Waals surface area contributed by atoms with E-state index in [-0.39, 0.29) is 0 Å². The highest BCUT2D eigenvalue weighted by molar-refractivity contribution is 5.91. The smallest absolute Gasteiger partial charge is 0.338 e. The Bertz CT molecular complexity index is 403. The summed E-state index contributed by atoms with van der Waals surface area (Å²) in [6.45, 7) is 4.66. The largest absolute Gasteiger partial charge is 0.493 e. The number of carbonyl (C=O) groups excluding carboxylic acids is 1. The number of hydrogen-bond acceptors (Lipinski definition) is 5. The molecule has 5 nitrogen and oxygen atoms in total. The van der Waals surface area contributed by atoms with Gasteiger partial charge in [0.1, 0.15) is 0 Å². The minimum Gasteiger partial charge on any atom is -0.493 e. The first-order valence-electron chi connectivity index (χ1n) is 6.23. The molecule has 0 saturated heterocycles. The van der Waals surface area contributed by atoms with Crippen molar-refractivity contribution in [2.45, 2.75) is 20.3 Å². The van der Waals surface area contributed by atoms with Gasteiger partial charge in [-0.25, -0.2) is 4.79 Å². The fourth-order valence-corrected chi connectivity index (χ4v) is 1.56. The first-order chi connectivity index (χ1) is 9.17. The summed E-state index contributed by atoms with van der Waals surface area (Å²) in [5, 5.41) is 0. The van der Waals surface area contributed by atoms with Gasteiger partial charge in [0.25, 0.3) is 0 Å². The van der Waals surface area contributed by atoms with E-state index < -0.39 is 5.97 Å². The Balaban J connectivity index is 3.11. The lowest BCUT2D eigenvalue weighted by Gasteiger charge is -2.14. The highest BCUT2D eigenvalue weighted by Gasteiger charge is 2.18. The molecule has 0 bridgehead atoms. The second-order valence-electron chi connectivity index (χ2n) is 3.78. The zero-order chi connectivity index (χ0) is 14.3. The summed E-state index contributed by atoms with van der Waals surface area (Å²) in [4.78, 5) is 11.8. The van der Waals surface area contributed by atoms with Crippen LogP contribution < -0.4 is 14.2 Å². The van der Waals surface area contributed by atoms with Crippen molar-refractivity contribution in [2.24, 2.45) is 0 Å². The third kappa shape index (κ3) is 3.77. The van der Waals surface area contributed by atoms with Gasteiger partial charge in [-0.05, 0) is 25.5 Å². The first-order valence-corrected chi connectivity index (χ1v) is 6.23. The Kier molecular flexibility index (Phi) is 5.99. The highest BCUT2D eigenvalue weighted by Crippen LogP contribution is 2.38. The molecule has 1 aromatic carbocycles. The van der Waals surface area contributed by atoms with Crippen molar-refractivity contribution < 1.29 is 23.7 Å². The summed E-state index contributed by atoms with van der Waals surface area (Å²) in [6, 6.07) is 3.18. The number of ether oxygens (including phenoxy) is 4. The Morgan fingerprint density at radius 2 is 1.68 bits per heavy atom. The van der Waals surface area contributed by atoms with E-state index in [2.05, 4.69) is 0 Å². The highest BCUT2D eigenvalue weighted by atomic mass is 16.5. The topological polar surface area (TPSA) is 54.0 Å². The van der Waals surface area contributed by atoms with Gasteiger partial charge in [0.05, 0.1) is 33.0 Å². The molecule has 0 aliphatic heterocycles. The van der Waals surface area contributed by atoms with Gasteiger partial charge in [-0.1, -0.05) is 6.92 Å². The van der Waals surface area contributed by atoms with Crippen molar-refractivity contribution >= 4 is 5.97 Å². The van der Waals surface area contributed by atoms with E-state index in [1.165, 1.54) is 14.2 Å². The van der Waals surface area contributed by atoms with E-state index >= 15 is 0 Å². The van der Waals surface area contributed by atoms with Gasteiger partial charge in [-0.15, -0.1) is 0 Å². The van der Waals surface area contributed by atoms with E-state index in [0.717, 1.165) is 6.42 Å². The van der Waals surface area contributed by atoms with Gasteiger partial charge in [0.2, 0.25) is 5.75 Å². The average Bonchev–Trinajstić information content (AvgIpc) is 2.44.